The topological polar surface area (TPSA) is 40.8 Å². The number of hydrogen-bond acceptors (Lipinski definition) is 1. The summed E-state index contributed by atoms with van der Waals surface area (Å²) < 4.78 is 6.01. The lowest BCUT2D eigenvalue weighted by Gasteiger charge is -2.36. The van der Waals surface area contributed by atoms with Crippen LogP contribution in [0.15, 0.2) is 121 Å². The Bertz CT molecular complexity index is 1630. The lowest BCUT2D eigenvalue weighted by molar-refractivity contribution is 0.404. The molecule has 6 aromatic rings. The summed E-state index contributed by atoms with van der Waals surface area (Å²) >= 11 is 0. The van der Waals surface area contributed by atoms with E-state index in [2.05, 4.69) is 126 Å². The van der Waals surface area contributed by atoms with Gasteiger partial charge in [0, 0.05) is 39.6 Å². The third-order valence-corrected chi connectivity index (χ3v) is 7.09. The molecule has 0 bridgehead atoms. The number of methoxy groups -OCH3 is 1. The molecular weight excluding hydrogens is 440 g/mol. The highest BCUT2D eigenvalue weighted by Crippen LogP contribution is 2.51. The summed E-state index contributed by atoms with van der Waals surface area (Å²) in [6, 6.07) is 40.5. The summed E-state index contributed by atoms with van der Waals surface area (Å²) in [6.07, 6.45) is 2.08. The Morgan fingerprint density at radius 3 is 2.11 bits per heavy atom. The molecular formula is C33H28N2O. The van der Waals surface area contributed by atoms with Gasteiger partial charge in [-0.2, -0.15) is 0 Å². The van der Waals surface area contributed by atoms with E-state index in [-0.39, 0.29) is 0 Å². The molecule has 4 aromatic carbocycles. The fourth-order valence-electron chi connectivity index (χ4n) is 5.56. The van der Waals surface area contributed by atoms with Crippen molar-refractivity contribution in [3.05, 3.63) is 150 Å². The van der Waals surface area contributed by atoms with Crippen LogP contribution in [0.25, 0.3) is 22.0 Å². The summed E-state index contributed by atoms with van der Waals surface area (Å²) in [5.74, 6) is 0.839. The second-order valence-electron chi connectivity index (χ2n) is 9.19. The van der Waals surface area contributed by atoms with E-state index in [9.17, 15) is 0 Å². The van der Waals surface area contributed by atoms with Crippen molar-refractivity contribution in [3.8, 4) is 16.9 Å². The van der Waals surface area contributed by atoms with Gasteiger partial charge in [-0.1, -0.05) is 97.1 Å². The molecule has 0 amide bonds. The first kappa shape index (κ1) is 22.0. The number of fused-ring (bicyclic) bond motifs is 1. The third kappa shape index (κ3) is 3.36. The molecule has 0 saturated carbocycles. The number of aromatic nitrogens is 2. The average Bonchev–Trinajstić information content (AvgIpc) is 3.55. The molecule has 1 atom stereocenters. The zero-order chi connectivity index (χ0) is 24.5. The van der Waals surface area contributed by atoms with E-state index >= 15 is 0 Å². The Hall–Kier alpha value is -4.50. The molecule has 0 spiro atoms. The van der Waals surface area contributed by atoms with Crippen LogP contribution in [0.5, 0.6) is 5.75 Å². The highest BCUT2D eigenvalue weighted by molar-refractivity contribution is 5.99. The van der Waals surface area contributed by atoms with E-state index in [1.807, 2.05) is 12.1 Å². The molecule has 36 heavy (non-hydrogen) atoms. The highest BCUT2D eigenvalue weighted by atomic mass is 16.5. The number of aromatic amines is 2. The number of aryl methyl sites for hydroxylation is 1. The highest BCUT2D eigenvalue weighted by Gasteiger charge is 2.45. The van der Waals surface area contributed by atoms with Crippen molar-refractivity contribution in [2.45, 2.75) is 12.3 Å². The van der Waals surface area contributed by atoms with Gasteiger partial charge in [0.2, 0.25) is 0 Å². The van der Waals surface area contributed by atoms with E-state index in [1.54, 1.807) is 7.11 Å². The molecule has 6 rings (SSSR count). The lowest BCUT2D eigenvalue weighted by Crippen LogP contribution is -2.33. The zero-order valence-corrected chi connectivity index (χ0v) is 20.5. The quantitative estimate of drug-likeness (QED) is 0.257. The number of benzene rings is 4. The first-order valence-electron chi connectivity index (χ1n) is 12.2. The van der Waals surface area contributed by atoms with Gasteiger partial charge in [-0.15, -0.1) is 0 Å². The molecule has 176 valence electrons. The van der Waals surface area contributed by atoms with Crippen molar-refractivity contribution in [1.82, 2.24) is 9.97 Å². The second kappa shape index (κ2) is 8.94. The summed E-state index contributed by atoms with van der Waals surface area (Å²) in [4.78, 5) is 7.52. The van der Waals surface area contributed by atoms with E-state index in [4.69, 9.17) is 4.74 Å². The summed E-state index contributed by atoms with van der Waals surface area (Å²) in [5, 5.41) is 1.19. The van der Waals surface area contributed by atoms with Gasteiger partial charge in [0.15, 0.2) is 0 Å². The summed E-state index contributed by atoms with van der Waals surface area (Å²) in [6.45, 7) is 2.13. The third-order valence-electron chi connectivity index (χ3n) is 7.09. The fourth-order valence-corrected chi connectivity index (χ4v) is 5.56. The van der Waals surface area contributed by atoms with E-state index in [0.717, 1.165) is 33.8 Å². The lowest BCUT2D eigenvalue weighted by atomic mass is 9.67. The number of H-pyrrole nitrogens is 2. The molecule has 0 fully saturated rings. The molecule has 3 nitrogen and oxygen atoms in total. The molecule has 0 aliphatic rings. The van der Waals surface area contributed by atoms with Crippen molar-refractivity contribution in [1.29, 1.82) is 0 Å². The molecule has 2 aromatic heterocycles. The van der Waals surface area contributed by atoms with Crippen molar-refractivity contribution >= 4 is 10.9 Å². The molecule has 0 unspecified atom stereocenters. The second-order valence-corrected chi connectivity index (χ2v) is 9.19. The van der Waals surface area contributed by atoms with Crippen LogP contribution in [-0.4, -0.2) is 17.1 Å². The van der Waals surface area contributed by atoms with Crippen LogP contribution < -0.4 is 4.74 Å². The van der Waals surface area contributed by atoms with Crippen molar-refractivity contribution < 1.29 is 4.74 Å². The molecule has 0 aliphatic carbocycles. The van der Waals surface area contributed by atoms with Gasteiger partial charge in [-0.05, 0) is 41.8 Å². The Morgan fingerprint density at radius 2 is 1.39 bits per heavy atom. The van der Waals surface area contributed by atoms with Crippen LogP contribution in [0.2, 0.25) is 0 Å². The summed E-state index contributed by atoms with van der Waals surface area (Å²) in [5.41, 5.74) is 8.36. The number of nitrogens with one attached hydrogen (secondary N) is 2. The van der Waals surface area contributed by atoms with Crippen LogP contribution >= 0.6 is 0 Å². The number of rotatable bonds is 6. The minimum atomic E-state index is -0.688. The van der Waals surface area contributed by atoms with Crippen LogP contribution in [0.4, 0.5) is 0 Å². The molecule has 2 heterocycles. The number of hydrogen-bond donors (Lipinski definition) is 2. The van der Waals surface area contributed by atoms with Crippen LogP contribution in [0, 0.1) is 6.92 Å². The predicted molar refractivity (Wildman–Crippen MR) is 148 cm³/mol. The van der Waals surface area contributed by atoms with Crippen LogP contribution in [0.3, 0.4) is 0 Å². The monoisotopic (exact) mass is 468 g/mol. The smallest absolute Gasteiger partial charge is 0.123 e. The average molecular weight is 469 g/mol. The van der Waals surface area contributed by atoms with Crippen molar-refractivity contribution in [2.24, 2.45) is 0 Å². The number of ether oxygens (including phenoxy) is 1. The van der Waals surface area contributed by atoms with Crippen molar-refractivity contribution in [2.75, 3.05) is 7.11 Å². The molecule has 0 aliphatic heterocycles. The Balaban J connectivity index is 1.85. The zero-order valence-electron chi connectivity index (χ0n) is 20.5. The largest absolute Gasteiger partial charge is 0.496 e. The van der Waals surface area contributed by atoms with Crippen LogP contribution in [0.1, 0.15) is 28.1 Å². The fraction of sp³-hybridized carbons (Fsp3) is 0.0909. The standard InChI is InChI=1S/C33H28N2O/c1-23-21-30(34-22-23)33(25-15-7-4-8-16-25,27-18-10-12-20-29(27)36-2)32-31(24-13-5-3-6-14-24)26-17-9-11-19-28(26)35-32/h3-22,34-35H,1-2H3/t33-/m0/s1. The first-order valence-corrected chi connectivity index (χ1v) is 12.2. The minimum Gasteiger partial charge on any atom is -0.496 e. The Morgan fingerprint density at radius 1 is 0.722 bits per heavy atom. The van der Waals surface area contributed by atoms with Gasteiger partial charge < -0.3 is 14.7 Å². The predicted octanol–water partition coefficient (Wildman–Crippen LogP) is 7.86. The van der Waals surface area contributed by atoms with Gasteiger partial charge in [0.25, 0.3) is 0 Å². The molecule has 0 radical (unpaired) electrons. The maximum atomic E-state index is 6.01. The normalized spacial score (nSPS) is 12.9. The van der Waals surface area contributed by atoms with Gasteiger partial charge in [-0.3, -0.25) is 0 Å². The summed E-state index contributed by atoms with van der Waals surface area (Å²) in [7, 11) is 1.75. The number of para-hydroxylation sites is 2. The van der Waals surface area contributed by atoms with E-state index < -0.39 is 5.41 Å². The van der Waals surface area contributed by atoms with Crippen molar-refractivity contribution in [3.63, 3.8) is 0 Å². The maximum Gasteiger partial charge on any atom is 0.123 e. The molecule has 0 saturated heterocycles. The first-order chi connectivity index (χ1) is 17.7. The van der Waals surface area contributed by atoms with Gasteiger partial charge in [-0.25, -0.2) is 0 Å². The molecule has 3 heteroatoms. The molecule has 2 N–H and O–H groups in total. The van der Waals surface area contributed by atoms with Gasteiger partial charge in [0.05, 0.1) is 7.11 Å². The van der Waals surface area contributed by atoms with E-state index in [1.165, 1.54) is 22.1 Å². The van der Waals surface area contributed by atoms with Crippen LogP contribution in [-0.2, 0) is 5.41 Å². The van der Waals surface area contributed by atoms with Gasteiger partial charge >= 0.3 is 0 Å². The Kier molecular flexibility index (Phi) is 5.46. The van der Waals surface area contributed by atoms with Gasteiger partial charge in [0.1, 0.15) is 11.2 Å². The SMILES string of the molecule is COc1ccccc1[C@@](c1ccccc1)(c1cc(C)c[nH]1)c1[nH]c2ccccc2c1-c1ccccc1. The Labute approximate surface area is 211 Å². The maximum absolute atomic E-state index is 6.01. The minimum absolute atomic E-state index is 0.688. The van der Waals surface area contributed by atoms with E-state index in [0.29, 0.717) is 0 Å².